The summed E-state index contributed by atoms with van der Waals surface area (Å²) < 4.78 is 11.3. The molecular weight excluding hydrogens is 560 g/mol. The summed E-state index contributed by atoms with van der Waals surface area (Å²) in [5.41, 5.74) is 12.1. The van der Waals surface area contributed by atoms with Gasteiger partial charge in [-0.1, -0.05) is 36.9 Å². The number of benzene rings is 2. The molecule has 0 unspecified atom stereocenters. The molecule has 2 saturated heterocycles. The van der Waals surface area contributed by atoms with E-state index in [1.165, 1.54) is 6.08 Å². The SMILES string of the molecule is C=CC(=O)Nc1cc(N/C(=C/C(N)=N[C@H](CCO)Cc2ccccc2)NN)c(OC)cc1N1CCN(C2CCOCC2)CC1. The summed E-state index contributed by atoms with van der Waals surface area (Å²) in [4.78, 5) is 21.9. The number of carbonyl (C=O) groups excluding carboxylic acids is 1. The van der Waals surface area contributed by atoms with Gasteiger partial charge in [0.1, 0.15) is 17.4 Å². The second-order valence-electron chi connectivity index (χ2n) is 10.9. The maximum absolute atomic E-state index is 12.4. The average molecular weight is 607 g/mol. The minimum Gasteiger partial charge on any atom is -0.494 e. The van der Waals surface area contributed by atoms with Crippen molar-refractivity contribution < 1.29 is 19.4 Å². The first-order valence-electron chi connectivity index (χ1n) is 15.1. The predicted octanol–water partition coefficient (Wildman–Crippen LogP) is 2.19. The molecule has 1 atom stereocenters. The van der Waals surface area contributed by atoms with Crippen molar-refractivity contribution in [3.63, 3.8) is 0 Å². The lowest BCUT2D eigenvalue weighted by atomic mass is 10.0. The molecule has 2 aromatic carbocycles. The van der Waals surface area contributed by atoms with E-state index < -0.39 is 0 Å². The molecule has 238 valence electrons. The molecule has 0 aromatic heterocycles. The standard InChI is InChI=1S/C32H46N8O4/c1-3-32(42)37-26-20-27(29(43-2)21-28(26)40-14-12-39(13-15-40)25-10-17-44-18-11-25)36-31(38-34)22-30(33)35-24(9-16-41)19-23-7-5-4-6-8-23/h3-8,20-22,24-25,36,38,41H,1,9-19,34H2,2H3,(H2,33,35)(H,37,42)/b31-22-/t24-/m1/s1. The van der Waals surface area contributed by atoms with Crippen LogP contribution < -0.4 is 37.3 Å². The lowest BCUT2D eigenvalue weighted by Gasteiger charge is -2.42. The number of methoxy groups -OCH3 is 1. The molecule has 0 bridgehead atoms. The fourth-order valence-electron chi connectivity index (χ4n) is 5.66. The van der Waals surface area contributed by atoms with Crippen molar-refractivity contribution in [2.45, 2.75) is 37.8 Å². The highest BCUT2D eigenvalue weighted by Gasteiger charge is 2.27. The van der Waals surface area contributed by atoms with Crippen LogP contribution in [0, 0.1) is 0 Å². The Morgan fingerprint density at radius 3 is 2.52 bits per heavy atom. The zero-order valence-corrected chi connectivity index (χ0v) is 25.5. The molecule has 0 saturated carbocycles. The lowest BCUT2D eigenvalue weighted by molar-refractivity contribution is -0.111. The number of aliphatic hydroxyl groups excluding tert-OH is 1. The van der Waals surface area contributed by atoms with Gasteiger partial charge in [0.15, 0.2) is 0 Å². The number of amides is 1. The number of nitrogens with two attached hydrogens (primary N) is 2. The van der Waals surface area contributed by atoms with Crippen LogP contribution in [-0.4, -0.2) is 86.9 Å². The van der Waals surface area contributed by atoms with E-state index in [0.29, 0.717) is 41.8 Å². The second-order valence-corrected chi connectivity index (χ2v) is 10.9. The third-order valence-electron chi connectivity index (χ3n) is 7.95. The summed E-state index contributed by atoms with van der Waals surface area (Å²) in [6, 6.07) is 14.0. The van der Waals surface area contributed by atoms with Crippen molar-refractivity contribution >= 4 is 28.8 Å². The molecule has 2 fully saturated rings. The zero-order valence-electron chi connectivity index (χ0n) is 25.5. The Kier molecular flexibility index (Phi) is 12.4. The largest absolute Gasteiger partial charge is 0.494 e. The predicted molar refractivity (Wildman–Crippen MR) is 176 cm³/mol. The van der Waals surface area contributed by atoms with Crippen LogP contribution in [0.4, 0.5) is 17.1 Å². The summed E-state index contributed by atoms with van der Waals surface area (Å²) in [6.07, 6.45) is 6.05. The number of rotatable bonds is 14. The van der Waals surface area contributed by atoms with E-state index >= 15 is 0 Å². The lowest BCUT2D eigenvalue weighted by Crippen LogP contribution is -2.51. The van der Waals surface area contributed by atoms with E-state index in [-0.39, 0.29) is 24.4 Å². The number of ether oxygens (including phenoxy) is 2. The third-order valence-corrected chi connectivity index (χ3v) is 7.95. The summed E-state index contributed by atoms with van der Waals surface area (Å²) in [7, 11) is 1.59. The Morgan fingerprint density at radius 2 is 1.89 bits per heavy atom. The summed E-state index contributed by atoms with van der Waals surface area (Å²) in [5, 5.41) is 15.7. The van der Waals surface area contributed by atoms with Gasteiger partial charge in [0.25, 0.3) is 0 Å². The van der Waals surface area contributed by atoms with Crippen LogP contribution >= 0.6 is 0 Å². The van der Waals surface area contributed by atoms with Crippen molar-refractivity contribution in [3.8, 4) is 5.75 Å². The van der Waals surface area contributed by atoms with Gasteiger partial charge in [0.05, 0.1) is 30.2 Å². The molecule has 0 radical (unpaired) electrons. The van der Waals surface area contributed by atoms with E-state index in [9.17, 15) is 9.90 Å². The molecule has 0 aliphatic carbocycles. The third kappa shape index (κ3) is 9.20. The number of nitrogens with one attached hydrogen (secondary N) is 3. The van der Waals surface area contributed by atoms with Crippen molar-refractivity contribution in [3.05, 3.63) is 72.6 Å². The van der Waals surface area contributed by atoms with Crippen molar-refractivity contribution in [2.75, 3.05) is 68.6 Å². The Morgan fingerprint density at radius 1 is 1.16 bits per heavy atom. The Labute approximate surface area is 259 Å². The van der Waals surface area contributed by atoms with E-state index in [0.717, 1.165) is 63.5 Å². The second kappa shape index (κ2) is 16.7. The number of hydrogen-bond acceptors (Lipinski definition) is 10. The van der Waals surface area contributed by atoms with E-state index in [1.807, 2.05) is 42.5 Å². The average Bonchev–Trinajstić information content (AvgIpc) is 3.05. The molecule has 12 heteroatoms. The molecule has 44 heavy (non-hydrogen) atoms. The number of hydrazine groups is 1. The van der Waals surface area contributed by atoms with Crippen molar-refractivity contribution in [2.24, 2.45) is 16.6 Å². The quantitative estimate of drug-likeness (QED) is 0.0618. The van der Waals surface area contributed by atoms with Crippen LogP contribution in [0.3, 0.4) is 0 Å². The maximum Gasteiger partial charge on any atom is 0.247 e. The molecule has 0 spiro atoms. The van der Waals surface area contributed by atoms with E-state index in [2.05, 4.69) is 37.4 Å². The fourth-order valence-corrected chi connectivity index (χ4v) is 5.66. The van der Waals surface area contributed by atoms with Gasteiger partial charge in [0, 0.05) is 64.2 Å². The number of amidine groups is 1. The summed E-state index contributed by atoms with van der Waals surface area (Å²) in [6.45, 7) is 8.70. The monoisotopic (exact) mass is 606 g/mol. The van der Waals surface area contributed by atoms with E-state index in [1.54, 1.807) is 13.2 Å². The number of nitrogens with zero attached hydrogens (tertiary/aromatic N) is 3. The number of carbonyl (C=O) groups is 1. The van der Waals surface area contributed by atoms with Gasteiger partial charge in [0.2, 0.25) is 5.91 Å². The topological polar surface area (TPSA) is 163 Å². The number of hydrogen-bond donors (Lipinski definition) is 6. The van der Waals surface area contributed by atoms with Crippen LogP contribution in [-0.2, 0) is 16.0 Å². The van der Waals surface area contributed by atoms with Crippen LogP contribution in [0.25, 0.3) is 0 Å². The summed E-state index contributed by atoms with van der Waals surface area (Å²) >= 11 is 0. The molecule has 2 heterocycles. The van der Waals surface area contributed by atoms with Gasteiger partial charge >= 0.3 is 0 Å². The van der Waals surface area contributed by atoms with Crippen LogP contribution in [0.5, 0.6) is 5.75 Å². The minimum atomic E-state index is -0.319. The molecule has 2 aliphatic rings. The first-order chi connectivity index (χ1) is 21.4. The molecule has 8 N–H and O–H groups in total. The minimum absolute atomic E-state index is 0.00835. The first kappa shape index (κ1) is 32.8. The van der Waals surface area contributed by atoms with Gasteiger partial charge in [-0.25, -0.2) is 5.84 Å². The smallest absolute Gasteiger partial charge is 0.247 e. The van der Waals surface area contributed by atoms with Crippen molar-refractivity contribution in [1.82, 2.24) is 10.3 Å². The van der Waals surface area contributed by atoms with Gasteiger partial charge in [-0.2, -0.15) is 0 Å². The molecule has 2 aliphatic heterocycles. The van der Waals surface area contributed by atoms with Gasteiger partial charge in [-0.3, -0.25) is 14.7 Å². The van der Waals surface area contributed by atoms with Gasteiger partial charge in [-0.15, -0.1) is 0 Å². The Hall–Kier alpha value is -4.10. The van der Waals surface area contributed by atoms with Crippen molar-refractivity contribution in [1.29, 1.82) is 0 Å². The Bertz CT molecular complexity index is 1290. The number of piperazine rings is 1. The molecule has 2 aromatic rings. The molecule has 12 nitrogen and oxygen atoms in total. The van der Waals surface area contributed by atoms with E-state index in [4.69, 9.17) is 21.1 Å². The number of aliphatic hydroxyl groups is 1. The molecule has 1 amide bonds. The zero-order chi connectivity index (χ0) is 31.3. The normalized spacial score (nSPS) is 17.6. The highest BCUT2D eigenvalue weighted by atomic mass is 16.5. The summed E-state index contributed by atoms with van der Waals surface area (Å²) in [5.74, 6) is 6.70. The number of anilines is 3. The van der Waals surface area contributed by atoms with Gasteiger partial charge in [-0.05, 0) is 43.4 Å². The van der Waals surface area contributed by atoms with Crippen LogP contribution in [0.1, 0.15) is 24.8 Å². The van der Waals surface area contributed by atoms with Gasteiger partial charge < -0.3 is 41.3 Å². The molecule has 4 rings (SSSR count). The highest BCUT2D eigenvalue weighted by molar-refractivity contribution is 6.02. The first-order valence-corrected chi connectivity index (χ1v) is 15.1. The maximum atomic E-state index is 12.4. The number of aliphatic imine (C=N–C) groups is 1. The molecular formula is C32H46N8O4. The fraction of sp³-hybridized carbons (Fsp3) is 0.438. The Balaban J connectivity index is 1.54. The highest BCUT2D eigenvalue weighted by Crippen LogP contribution is 2.38. The van der Waals surface area contributed by atoms with Crippen LogP contribution in [0.15, 0.2) is 72.0 Å². The van der Waals surface area contributed by atoms with Crippen LogP contribution in [0.2, 0.25) is 0 Å².